The molecule has 1 N–H and O–H groups in total. The lowest BCUT2D eigenvalue weighted by atomic mass is 10.1. The molecule has 2 aromatic heterocycles. The summed E-state index contributed by atoms with van der Waals surface area (Å²) in [5.74, 6) is 4.09. The maximum atomic E-state index is 6.05. The zero-order chi connectivity index (χ0) is 18.6. The van der Waals surface area contributed by atoms with Crippen LogP contribution in [0.25, 0.3) is 22.6 Å². The number of benzene rings is 1. The van der Waals surface area contributed by atoms with Crippen LogP contribution < -0.4 is 9.47 Å². The average molecular weight is 382 g/mol. The summed E-state index contributed by atoms with van der Waals surface area (Å²) in [4.78, 5) is 12.2. The number of allylic oxidation sites excluding steroid dienone is 1. The van der Waals surface area contributed by atoms with E-state index in [1.807, 2.05) is 55.9 Å². The minimum Gasteiger partial charge on any atom is -0.493 e. The molecule has 0 spiro atoms. The van der Waals surface area contributed by atoms with Crippen molar-refractivity contribution in [3.8, 4) is 22.9 Å². The predicted molar refractivity (Wildman–Crippen MR) is 110 cm³/mol. The van der Waals surface area contributed by atoms with Gasteiger partial charge in [-0.15, -0.1) is 11.8 Å². The number of aromatic nitrogens is 3. The lowest BCUT2D eigenvalue weighted by molar-refractivity contribution is 0.239. The van der Waals surface area contributed by atoms with Gasteiger partial charge in [-0.1, -0.05) is 6.08 Å². The van der Waals surface area contributed by atoms with E-state index in [1.165, 1.54) is 0 Å². The fourth-order valence-electron chi connectivity index (χ4n) is 3.02. The number of fused-ring (bicyclic) bond motifs is 1. The molecule has 1 unspecified atom stereocenters. The second-order valence-electron chi connectivity index (χ2n) is 6.88. The molecule has 3 heterocycles. The Kier molecular flexibility index (Phi) is 5.34. The van der Waals surface area contributed by atoms with E-state index in [0.29, 0.717) is 18.2 Å². The molecule has 1 atom stereocenters. The first-order chi connectivity index (χ1) is 13.2. The Hall–Kier alpha value is -2.47. The molecule has 6 heteroatoms. The van der Waals surface area contributed by atoms with Crippen LogP contribution in [0.2, 0.25) is 0 Å². The van der Waals surface area contributed by atoms with Gasteiger partial charge >= 0.3 is 0 Å². The van der Waals surface area contributed by atoms with Crippen LogP contribution in [0.15, 0.2) is 48.0 Å². The van der Waals surface area contributed by atoms with Crippen LogP contribution in [-0.4, -0.2) is 33.4 Å². The van der Waals surface area contributed by atoms with Gasteiger partial charge in [0, 0.05) is 23.6 Å². The van der Waals surface area contributed by atoms with Crippen molar-refractivity contribution < 1.29 is 9.47 Å². The fraction of sp³-hybridized carbons (Fsp3) is 0.333. The smallest absolute Gasteiger partial charge is 0.178 e. The number of hydrogen-bond acceptors (Lipinski definition) is 5. The van der Waals surface area contributed by atoms with E-state index in [1.54, 1.807) is 6.20 Å². The molecule has 0 aliphatic carbocycles. The van der Waals surface area contributed by atoms with Crippen molar-refractivity contribution >= 4 is 22.9 Å². The summed E-state index contributed by atoms with van der Waals surface area (Å²) in [6.45, 7) is 4.71. The molecule has 27 heavy (non-hydrogen) atoms. The highest BCUT2D eigenvalue weighted by Gasteiger charge is 2.13. The molecule has 0 bridgehead atoms. The quantitative estimate of drug-likeness (QED) is 0.620. The first-order valence-electron chi connectivity index (χ1n) is 9.21. The SMILES string of the molecule is CC(C)Oc1cc(OCCC2C=CSC2)cc(-c2nc3ncccc3[nH]2)c1. The van der Waals surface area contributed by atoms with Crippen molar-refractivity contribution in [2.24, 2.45) is 5.92 Å². The van der Waals surface area contributed by atoms with Crippen molar-refractivity contribution in [1.82, 2.24) is 15.0 Å². The molecule has 5 nitrogen and oxygen atoms in total. The molecule has 1 aliphatic rings. The third-order valence-electron chi connectivity index (χ3n) is 4.30. The van der Waals surface area contributed by atoms with Gasteiger partial charge in [-0.3, -0.25) is 0 Å². The maximum Gasteiger partial charge on any atom is 0.178 e. The van der Waals surface area contributed by atoms with Crippen LogP contribution in [0.5, 0.6) is 11.5 Å². The first-order valence-corrected chi connectivity index (χ1v) is 10.3. The van der Waals surface area contributed by atoms with E-state index in [0.717, 1.165) is 40.6 Å². The predicted octanol–water partition coefficient (Wildman–Crippen LogP) is 5.06. The van der Waals surface area contributed by atoms with Crippen molar-refractivity contribution in [3.63, 3.8) is 0 Å². The number of hydrogen-bond donors (Lipinski definition) is 1. The van der Waals surface area contributed by atoms with Crippen molar-refractivity contribution in [3.05, 3.63) is 48.0 Å². The minimum absolute atomic E-state index is 0.0890. The average Bonchev–Trinajstić information content (AvgIpc) is 3.30. The van der Waals surface area contributed by atoms with E-state index in [9.17, 15) is 0 Å². The van der Waals surface area contributed by atoms with E-state index in [4.69, 9.17) is 9.47 Å². The molecule has 1 aromatic carbocycles. The number of ether oxygens (including phenoxy) is 2. The highest BCUT2D eigenvalue weighted by Crippen LogP contribution is 2.31. The van der Waals surface area contributed by atoms with Gasteiger partial charge in [0.05, 0.1) is 18.2 Å². The minimum atomic E-state index is 0.0890. The number of rotatable bonds is 7. The normalized spacial score (nSPS) is 16.3. The Bertz CT molecular complexity index is 919. The lowest BCUT2D eigenvalue weighted by Gasteiger charge is -2.14. The zero-order valence-electron chi connectivity index (χ0n) is 15.5. The second kappa shape index (κ2) is 8.05. The standard InChI is InChI=1S/C21H23N3O2S/c1-14(2)26-18-11-16(20-23-19-4-3-7-22-21(19)24-20)10-17(12-18)25-8-5-15-6-9-27-13-15/h3-4,6-7,9-12,14-15H,5,8,13H2,1-2H3,(H,22,23,24). The Morgan fingerprint density at radius 2 is 2.15 bits per heavy atom. The van der Waals surface area contributed by atoms with E-state index in [2.05, 4.69) is 26.4 Å². The number of aromatic amines is 1. The first kappa shape index (κ1) is 17.9. The van der Waals surface area contributed by atoms with Gasteiger partial charge in [0.2, 0.25) is 0 Å². The van der Waals surface area contributed by atoms with Crippen LogP contribution in [0, 0.1) is 5.92 Å². The molecule has 0 radical (unpaired) electrons. The number of nitrogens with zero attached hydrogens (tertiary/aromatic N) is 2. The van der Waals surface area contributed by atoms with Crippen LogP contribution in [-0.2, 0) is 0 Å². The van der Waals surface area contributed by atoms with E-state index < -0.39 is 0 Å². The Balaban J connectivity index is 1.58. The molecular formula is C21H23N3O2S. The number of thioether (sulfide) groups is 1. The van der Waals surface area contributed by atoms with Crippen LogP contribution in [0.1, 0.15) is 20.3 Å². The van der Waals surface area contributed by atoms with Crippen LogP contribution in [0.3, 0.4) is 0 Å². The Morgan fingerprint density at radius 1 is 1.26 bits per heavy atom. The highest BCUT2D eigenvalue weighted by molar-refractivity contribution is 8.02. The molecule has 4 rings (SSSR count). The molecule has 0 amide bonds. The van der Waals surface area contributed by atoms with Gasteiger partial charge in [0.25, 0.3) is 0 Å². The molecule has 0 fully saturated rings. The third kappa shape index (κ3) is 4.45. The summed E-state index contributed by atoms with van der Waals surface area (Å²) in [5, 5.41) is 2.18. The number of H-pyrrole nitrogens is 1. The molecular weight excluding hydrogens is 358 g/mol. The van der Waals surface area contributed by atoms with Gasteiger partial charge in [-0.05, 0) is 55.9 Å². The topological polar surface area (TPSA) is 60.0 Å². The molecule has 3 aromatic rings. The lowest BCUT2D eigenvalue weighted by Crippen LogP contribution is -2.07. The Morgan fingerprint density at radius 3 is 2.93 bits per heavy atom. The summed E-state index contributed by atoms with van der Waals surface area (Å²) in [6, 6.07) is 9.80. The van der Waals surface area contributed by atoms with Crippen LogP contribution in [0.4, 0.5) is 0 Å². The largest absolute Gasteiger partial charge is 0.493 e. The van der Waals surface area contributed by atoms with Gasteiger partial charge in [-0.25, -0.2) is 9.97 Å². The number of imidazole rings is 1. The molecule has 1 aliphatic heterocycles. The third-order valence-corrected chi connectivity index (χ3v) is 5.27. The monoisotopic (exact) mass is 381 g/mol. The van der Waals surface area contributed by atoms with Gasteiger partial charge in [-0.2, -0.15) is 0 Å². The molecule has 0 saturated carbocycles. The second-order valence-corrected chi connectivity index (χ2v) is 7.82. The summed E-state index contributed by atoms with van der Waals surface area (Å²) < 4.78 is 12.0. The van der Waals surface area contributed by atoms with Crippen LogP contribution >= 0.6 is 11.8 Å². The number of nitrogens with one attached hydrogen (secondary N) is 1. The van der Waals surface area contributed by atoms with Crippen molar-refractivity contribution in [2.75, 3.05) is 12.4 Å². The summed E-state index contributed by atoms with van der Waals surface area (Å²) in [7, 11) is 0. The highest BCUT2D eigenvalue weighted by atomic mass is 32.2. The zero-order valence-corrected chi connectivity index (χ0v) is 16.3. The van der Waals surface area contributed by atoms with Gasteiger partial charge < -0.3 is 14.5 Å². The van der Waals surface area contributed by atoms with E-state index >= 15 is 0 Å². The molecule has 0 saturated heterocycles. The van der Waals surface area contributed by atoms with Crippen molar-refractivity contribution in [2.45, 2.75) is 26.4 Å². The summed E-state index contributed by atoms with van der Waals surface area (Å²) >= 11 is 1.86. The summed E-state index contributed by atoms with van der Waals surface area (Å²) in [6.07, 6.45) is 5.11. The molecule has 140 valence electrons. The van der Waals surface area contributed by atoms with Crippen molar-refractivity contribution in [1.29, 1.82) is 0 Å². The van der Waals surface area contributed by atoms with E-state index in [-0.39, 0.29) is 6.10 Å². The summed E-state index contributed by atoms with van der Waals surface area (Å²) in [5.41, 5.74) is 2.55. The van der Waals surface area contributed by atoms with Gasteiger partial charge in [0.15, 0.2) is 5.65 Å². The van der Waals surface area contributed by atoms with Gasteiger partial charge in [0.1, 0.15) is 17.3 Å². The number of pyridine rings is 1. The maximum absolute atomic E-state index is 6.05. The Labute approximate surface area is 163 Å². The fourth-order valence-corrected chi connectivity index (χ4v) is 3.99.